The van der Waals surface area contributed by atoms with Gasteiger partial charge >= 0.3 is 0 Å². The molecule has 0 saturated heterocycles. The van der Waals surface area contributed by atoms with Gasteiger partial charge in [-0.15, -0.1) is 0 Å². The summed E-state index contributed by atoms with van der Waals surface area (Å²) in [4.78, 5) is 15.8. The molecular weight excluding hydrogens is 212 g/mol. The Morgan fingerprint density at radius 1 is 1.24 bits per heavy atom. The van der Waals surface area contributed by atoms with Crippen molar-refractivity contribution in [1.29, 1.82) is 0 Å². The molecule has 2 N–H and O–H groups in total. The number of nitrogens with two attached hydrogens (primary N) is 1. The first-order valence-electron chi connectivity index (χ1n) is 6.49. The van der Waals surface area contributed by atoms with E-state index in [4.69, 9.17) is 5.73 Å². The first-order valence-corrected chi connectivity index (χ1v) is 6.49. The summed E-state index contributed by atoms with van der Waals surface area (Å²) in [6.07, 6.45) is 9.29. The number of aromatic nitrogens is 1. The molecule has 0 bridgehead atoms. The highest BCUT2D eigenvalue weighted by molar-refractivity contribution is 5.98. The Labute approximate surface area is 103 Å². The molecule has 0 aliphatic rings. The second-order valence-electron chi connectivity index (χ2n) is 4.38. The molecule has 1 rings (SSSR count). The predicted molar refractivity (Wildman–Crippen MR) is 71.0 cm³/mol. The highest BCUT2D eigenvalue weighted by Crippen LogP contribution is 2.13. The average molecular weight is 234 g/mol. The van der Waals surface area contributed by atoms with Crippen molar-refractivity contribution in [3.8, 4) is 0 Å². The van der Waals surface area contributed by atoms with E-state index in [0.29, 0.717) is 17.8 Å². The highest BCUT2D eigenvalue weighted by Gasteiger charge is 2.09. The Hall–Kier alpha value is -1.38. The molecule has 1 aromatic rings. The molecule has 94 valence electrons. The van der Waals surface area contributed by atoms with Gasteiger partial charge in [0.15, 0.2) is 5.78 Å². The van der Waals surface area contributed by atoms with Gasteiger partial charge in [-0.1, -0.05) is 39.0 Å². The molecule has 17 heavy (non-hydrogen) atoms. The Bertz CT molecular complexity index is 350. The fourth-order valence-electron chi connectivity index (χ4n) is 1.84. The minimum absolute atomic E-state index is 0.0681. The second-order valence-corrected chi connectivity index (χ2v) is 4.38. The van der Waals surface area contributed by atoms with Crippen molar-refractivity contribution in [3.05, 3.63) is 24.0 Å². The van der Waals surface area contributed by atoms with Crippen LogP contribution in [-0.2, 0) is 0 Å². The van der Waals surface area contributed by atoms with E-state index < -0.39 is 0 Å². The lowest BCUT2D eigenvalue weighted by molar-refractivity contribution is 0.0975. The molecule has 0 unspecified atom stereocenters. The maximum atomic E-state index is 11.8. The number of ketones is 1. The Morgan fingerprint density at radius 3 is 2.65 bits per heavy atom. The van der Waals surface area contributed by atoms with Crippen LogP contribution in [0.4, 0.5) is 5.69 Å². The molecule has 1 aromatic heterocycles. The Kier molecular flexibility index (Phi) is 6.30. The minimum atomic E-state index is 0.0681. The van der Waals surface area contributed by atoms with Crippen LogP contribution in [-0.4, -0.2) is 10.8 Å². The number of anilines is 1. The molecule has 0 aliphatic carbocycles. The standard InChI is InChI=1S/C14H22N2O/c1-2-3-4-5-6-7-10-13(17)14-12(15)9-8-11-16-14/h8-9,11H,2-7,10,15H2,1H3. The summed E-state index contributed by atoms with van der Waals surface area (Å²) in [6, 6.07) is 3.47. The van der Waals surface area contributed by atoms with Crippen LogP contribution in [0.3, 0.4) is 0 Å². The maximum Gasteiger partial charge on any atom is 0.183 e. The van der Waals surface area contributed by atoms with Gasteiger partial charge in [0.05, 0.1) is 5.69 Å². The molecular formula is C14H22N2O. The normalized spacial score (nSPS) is 10.4. The van der Waals surface area contributed by atoms with Crippen molar-refractivity contribution in [2.24, 2.45) is 0 Å². The van der Waals surface area contributed by atoms with E-state index in [0.717, 1.165) is 12.8 Å². The molecule has 0 atom stereocenters. The van der Waals surface area contributed by atoms with E-state index in [-0.39, 0.29) is 5.78 Å². The van der Waals surface area contributed by atoms with Crippen LogP contribution < -0.4 is 5.73 Å². The van der Waals surface area contributed by atoms with Crippen LogP contribution in [0, 0.1) is 0 Å². The number of pyridine rings is 1. The summed E-state index contributed by atoms with van der Waals surface area (Å²) in [6.45, 7) is 2.20. The predicted octanol–water partition coefficient (Wildman–Crippen LogP) is 3.60. The number of nitrogens with zero attached hydrogens (tertiary/aromatic N) is 1. The van der Waals surface area contributed by atoms with Gasteiger partial charge in [-0.2, -0.15) is 0 Å². The first-order chi connectivity index (χ1) is 8.25. The average Bonchev–Trinajstić information content (AvgIpc) is 2.34. The van der Waals surface area contributed by atoms with E-state index in [9.17, 15) is 4.79 Å². The molecule has 3 nitrogen and oxygen atoms in total. The van der Waals surface area contributed by atoms with Gasteiger partial charge in [-0.3, -0.25) is 9.78 Å². The molecule has 0 spiro atoms. The first kappa shape index (κ1) is 13.7. The molecule has 1 heterocycles. The monoisotopic (exact) mass is 234 g/mol. The lowest BCUT2D eigenvalue weighted by atomic mass is 10.1. The summed E-state index contributed by atoms with van der Waals surface area (Å²) in [5.74, 6) is 0.0681. The number of carbonyl (C=O) groups is 1. The number of carbonyl (C=O) groups excluding carboxylic acids is 1. The fourth-order valence-corrected chi connectivity index (χ4v) is 1.84. The second kappa shape index (κ2) is 7.82. The molecule has 0 aromatic carbocycles. The van der Waals surface area contributed by atoms with Crippen LogP contribution in [0.25, 0.3) is 0 Å². The van der Waals surface area contributed by atoms with Crippen LogP contribution in [0.15, 0.2) is 18.3 Å². The quantitative estimate of drug-likeness (QED) is 0.552. The van der Waals surface area contributed by atoms with Crippen molar-refractivity contribution in [3.63, 3.8) is 0 Å². The molecule has 0 aliphatic heterocycles. The summed E-state index contributed by atoms with van der Waals surface area (Å²) < 4.78 is 0. The summed E-state index contributed by atoms with van der Waals surface area (Å²) in [5.41, 5.74) is 6.63. The molecule has 0 fully saturated rings. The van der Waals surface area contributed by atoms with E-state index >= 15 is 0 Å². The summed E-state index contributed by atoms with van der Waals surface area (Å²) in [7, 11) is 0. The third-order valence-electron chi connectivity index (χ3n) is 2.86. The van der Waals surface area contributed by atoms with Gasteiger partial charge in [-0.05, 0) is 18.6 Å². The maximum absolute atomic E-state index is 11.8. The van der Waals surface area contributed by atoms with E-state index in [2.05, 4.69) is 11.9 Å². The minimum Gasteiger partial charge on any atom is -0.397 e. The van der Waals surface area contributed by atoms with E-state index in [1.165, 1.54) is 25.7 Å². The molecule has 0 amide bonds. The van der Waals surface area contributed by atoms with Crippen LogP contribution in [0.1, 0.15) is 62.4 Å². The number of hydrogen-bond acceptors (Lipinski definition) is 3. The van der Waals surface area contributed by atoms with Crippen molar-refractivity contribution >= 4 is 11.5 Å². The lowest BCUT2D eigenvalue weighted by Gasteiger charge is -2.03. The van der Waals surface area contributed by atoms with Crippen molar-refractivity contribution < 1.29 is 4.79 Å². The molecule has 0 saturated carbocycles. The largest absolute Gasteiger partial charge is 0.397 e. The van der Waals surface area contributed by atoms with Gasteiger partial charge in [0.1, 0.15) is 5.69 Å². The van der Waals surface area contributed by atoms with Gasteiger partial charge < -0.3 is 5.73 Å². The van der Waals surface area contributed by atoms with Gasteiger partial charge in [-0.25, -0.2) is 0 Å². The topological polar surface area (TPSA) is 56.0 Å². The number of nitrogen functional groups attached to an aromatic ring is 1. The van der Waals surface area contributed by atoms with E-state index in [1.54, 1.807) is 18.3 Å². The Morgan fingerprint density at radius 2 is 1.94 bits per heavy atom. The number of rotatable bonds is 8. The van der Waals surface area contributed by atoms with Crippen LogP contribution >= 0.6 is 0 Å². The molecule has 0 radical (unpaired) electrons. The smallest absolute Gasteiger partial charge is 0.183 e. The van der Waals surface area contributed by atoms with E-state index in [1.807, 2.05) is 0 Å². The lowest BCUT2D eigenvalue weighted by Crippen LogP contribution is -2.06. The number of unbranched alkanes of at least 4 members (excludes halogenated alkanes) is 5. The summed E-state index contributed by atoms with van der Waals surface area (Å²) >= 11 is 0. The highest BCUT2D eigenvalue weighted by atomic mass is 16.1. The van der Waals surface area contributed by atoms with Crippen molar-refractivity contribution in [2.45, 2.75) is 51.9 Å². The van der Waals surface area contributed by atoms with Gasteiger partial charge in [0.2, 0.25) is 0 Å². The number of hydrogen-bond donors (Lipinski definition) is 1. The summed E-state index contributed by atoms with van der Waals surface area (Å²) in [5, 5.41) is 0. The molecule has 3 heteroatoms. The van der Waals surface area contributed by atoms with Crippen molar-refractivity contribution in [1.82, 2.24) is 4.98 Å². The van der Waals surface area contributed by atoms with Gasteiger partial charge in [0.25, 0.3) is 0 Å². The zero-order valence-corrected chi connectivity index (χ0v) is 10.6. The van der Waals surface area contributed by atoms with Crippen molar-refractivity contribution in [2.75, 3.05) is 5.73 Å². The van der Waals surface area contributed by atoms with Gasteiger partial charge in [0, 0.05) is 12.6 Å². The van der Waals surface area contributed by atoms with Crippen LogP contribution in [0.2, 0.25) is 0 Å². The zero-order valence-electron chi connectivity index (χ0n) is 10.6. The SMILES string of the molecule is CCCCCCCCC(=O)c1ncccc1N. The zero-order chi connectivity index (χ0) is 12.5. The number of Topliss-reactive ketones (excluding diaryl/α,β-unsaturated/α-hetero) is 1. The fraction of sp³-hybridized carbons (Fsp3) is 0.571. The van der Waals surface area contributed by atoms with Crippen LogP contribution in [0.5, 0.6) is 0 Å². The Balaban J connectivity index is 2.24. The third kappa shape index (κ3) is 4.98. The third-order valence-corrected chi connectivity index (χ3v) is 2.86.